The number of thioether (sulfide) groups is 1. The second kappa shape index (κ2) is 4.42. The van der Waals surface area contributed by atoms with Crippen molar-refractivity contribution in [3.8, 4) is 0 Å². The molecule has 3 heterocycles. The fourth-order valence-corrected chi connectivity index (χ4v) is 3.21. The first-order chi connectivity index (χ1) is 10.1. The highest BCUT2D eigenvalue weighted by Crippen LogP contribution is 2.26. The van der Waals surface area contributed by atoms with Crippen molar-refractivity contribution in [1.82, 2.24) is 29.4 Å². The lowest BCUT2D eigenvalue weighted by atomic mass is 10.2. The van der Waals surface area contributed by atoms with Crippen LogP contribution < -0.4 is 0 Å². The lowest BCUT2D eigenvalue weighted by Gasteiger charge is -2.01. The average molecular weight is 298 g/mol. The van der Waals surface area contributed by atoms with Crippen LogP contribution in [0.1, 0.15) is 13.8 Å². The Morgan fingerprint density at radius 1 is 1.14 bits per heavy atom. The van der Waals surface area contributed by atoms with Crippen LogP contribution in [0.2, 0.25) is 0 Å². The highest BCUT2D eigenvalue weighted by molar-refractivity contribution is 7.99. The zero-order valence-corrected chi connectivity index (χ0v) is 12.8. The summed E-state index contributed by atoms with van der Waals surface area (Å²) in [4.78, 5) is 4.62. The van der Waals surface area contributed by atoms with Crippen molar-refractivity contribution in [2.75, 3.05) is 0 Å². The van der Waals surface area contributed by atoms with Gasteiger partial charge in [0.25, 0.3) is 5.78 Å². The first-order valence-corrected chi connectivity index (χ1v) is 7.66. The number of aromatic nitrogens is 6. The Hall–Kier alpha value is -2.15. The maximum Gasteiger partial charge on any atom is 0.274 e. The van der Waals surface area contributed by atoms with Crippen LogP contribution in [0.3, 0.4) is 0 Å². The summed E-state index contributed by atoms with van der Waals surface area (Å²) in [5.41, 5.74) is 2.83. The summed E-state index contributed by atoms with van der Waals surface area (Å²) in [6.07, 6.45) is 0. The summed E-state index contributed by atoms with van der Waals surface area (Å²) in [6, 6.07) is 8.18. The molecule has 21 heavy (non-hydrogen) atoms. The molecule has 7 heteroatoms. The van der Waals surface area contributed by atoms with Gasteiger partial charge in [0, 0.05) is 17.7 Å². The number of nitrogens with zero attached hydrogens (tertiary/aromatic N) is 6. The molecule has 0 radical (unpaired) electrons. The van der Waals surface area contributed by atoms with Crippen LogP contribution in [0, 0.1) is 0 Å². The van der Waals surface area contributed by atoms with E-state index >= 15 is 0 Å². The van der Waals surface area contributed by atoms with Gasteiger partial charge in [-0.25, -0.2) is 0 Å². The van der Waals surface area contributed by atoms with Crippen LogP contribution in [-0.4, -0.2) is 34.6 Å². The van der Waals surface area contributed by atoms with Gasteiger partial charge in [-0.2, -0.15) is 14.6 Å². The minimum absolute atomic E-state index is 0.419. The van der Waals surface area contributed by atoms with Crippen molar-refractivity contribution >= 4 is 39.6 Å². The first kappa shape index (κ1) is 12.6. The van der Waals surface area contributed by atoms with E-state index in [0.717, 1.165) is 27.2 Å². The van der Waals surface area contributed by atoms with Crippen molar-refractivity contribution in [3.63, 3.8) is 0 Å². The van der Waals surface area contributed by atoms with E-state index in [1.807, 2.05) is 23.7 Å². The van der Waals surface area contributed by atoms with Gasteiger partial charge in [-0.3, -0.25) is 0 Å². The van der Waals surface area contributed by atoms with Crippen LogP contribution in [0.25, 0.3) is 27.8 Å². The molecule has 0 saturated carbocycles. The van der Waals surface area contributed by atoms with Crippen molar-refractivity contribution < 1.29 is 0 Å². The van der Waals surface area contributed by atoms with Gasteiger partial charge in [0.2, 0.25) is 5.16 Å². The van der Waals surface area contributed by atoms with Gasteiger partial charge in [0.1, 0.15) is 5.52 Å². The third-order valence-electron chi connectivity index (χ3n) is 3.39. The topological polar surface area (TPSA) is 60.9 Å². The van der Waals surface area contributed by atoms with Crippen molar-refractivity contribution in [3.05, 3.63) is 24.3 Å². The predicted octanol–water partition coefficient (Wildman–Crippen LogP) is 2.66. The van der Waals surface area contributed by atoms with Crippen LogP contribution in [0.5, 0.6) is 0 Å². The quantitative estimate of drug-likeness (QED) is 0.532. The molecule has 0 aliphatic rings. The Morgan fingerprint density at radius 2 is 1.95 bits per heavy atom. The Labute approximate surface area is 125 Å². The second-order valence-electron chi connectivity index (χ2n) is 5.22. The molecular formula is C14H14N6S. The molecule has 0 atom stereocenters. The van der Waals surface area contributed by atoms with E-state index in [9.17, 15) is 0 Å². The molecule has 0 amide bonds. The van der Waals surface area contributed by atoms with E-state index < -0.39 is 0 Å². The van der Waals surface area contributed by atoms with Gasteiger partial charge in [0.15, 0.2) is 5.65 Å². The molecule has 3 aromatic heterocycles. The van der Waals surface area contributed by atoms with E-state index in [2.05, 4.69) is 41.2 Å². The smallest absolute Gasteiger partial charge is 0.274 e. The Balaban J connectivity index is 2.10. The lowest BCUT2D eigenvalue weighted by molar-refractivity contribution is 0.812. The molecule has 0 aliphatic carbocycles. The number of aryl methyl sites for hydroxylation is 1. The summed E-state index contributed by atoms with van der Waals surface area (Å²) in [7, 11) is 2.00. The lowest BCUT2D eigenvalue weighted by Crippen LogP contribution is -2.00. The number of benzene rings is 1. The number of fused-ring (bicyclic) bond motifs is 4. The molecule has 0 bridgehead atoms. The van der Waals surface area contributed by atoms with Gasteiger partial charge in [-0.15, -0.1) is 10.2 Å². The SMILES string of the molecule is CC(C)Sc1nnc2nc3c(nn12)c1ccccc1n3C. The second-order valence-corrected chi connectivity index (χ2v) is 6.76. The average Bonchev–Trinajstić information content (AvgIpc) is 2.98. The fraction of sp³-hybridized carbons (Fsp3) is 0.286. The van der Waals surface area contributed by atoms with Gasteiger partial charge in [-0.05, 0) is 6.07 Å². The Bertz CT molecular complexity index is 968. The monoisotopic (exact) mass is 298 g/mol. The van der Waals surface area contributed by atoms with Gasteiger partial charge < -0.3 is 4.57 Å². The summed E-state index contributed by atoms with van der Waals surface area (Å²) in [5, 5.41) is 15.3. The van der Waals surface area contributed by atoms with E-state index in [1.54, 1.807) is 16.3 Å². The molecular weight excluding hydrogens is 284 g/mol. The highest BCUT2D eigenvalue weighted by Gasteiger charge is 2.16. The predicted molar refractivity (Wildman–Crippen MR) is 83.6 cm³/mol. The van der Waals surface area contributed by atoms with E-state index in [4.69, 9.17) is 5.10 Å². The molecule has 4 rings (SSSR count). The molecule has 0 spiro atoms. The fourth-order valence-electron chi connectivity index (χ4n) is 2.48. The normalized spacial score (nSPS) is 12.2. The molecule has 0 saturated heterocycles. The van der Waals surface area contributed by atoms with Crippen LogP contribution in [0.15, 0.2) is 29.4 Å². The number of hydrogen-bond donors (Lipinski definition) is 0. The van der Waals surface area contributed by atoms with Gasteiger partial charge in [0.05, 0.1) is 5.52 Å². The zero-order valence-electron chi connectivity index (χ0n) is 12.0. The van der Waals surface area contributed by atoms with E-state index in [-0.39, 0.29) is 0 Å². The summed E-state index contributed by atoms with van der Waals surface area (Å²) >= 11 is 1.64. The van der Waals surface area contributed by atoms with E-state index in [1.165, 1.54) is 0 Å². The highest BCUT2D eigenvalue weighted by atomic mass is 32.2. The van der Waals surface area contributed by atoms with Gasteiger partial charge in [-0.1, -0.05) is 43.8 Å². The molecule has 6 nitrogen and oxygen atoms in total. The minimum atomic E-state index is 0.419. The largest absolute Gasteiger partial charge is 0.327 e. The third kappa shape index (κ3) is 1.80. The van der Waals surface area contributed by atoms with Crippen LogP contribution >= 0.6 is 11.8 Å². The maximum absolute atomic E-state index is 4.73. The molecule has 1 aromatic carbocycles. The molecule has 0 aliphatic heterocycles. The third-order valence-corrected chi connectivity index (χ3v) is 4.33. The Morgan fingerprint density at radius 3 is 2.76 bits per heavy atom. The van der Waals surface area contributed by atoms with Crippen LogP contribution in [0.4, 0.5) is 0 Å². The number of rotatable bonds is 2. The molecule has 0 unspecified atom stereocenters. The summed E-state index contributed by atoms with van der Waals surface area (Å²) < 4.78 is 3.78. The Kier molecular flexibility index (Phi) is 2.65. The molecule has 4 aromatic rings. The number of hydrogen-bond acceptors (Lipinski definition) is 5. The van der Waals surface area contributed by atoms with Crippen molar-refractivity contribution in [1.29, 1.82) is 0 Å². The van der Waals surface area contributed by atoms with Crippen LogP contribution in [-0.2, 0) is 7.05 Å². The maximum atomic E-state index is 4.73. The van der Waals surface area contributed by atoms with E-state index in [0.29, 0.717) is 11.0 Å². The zero-order chi connectivity index (χ0) is 14.6. The molecule has 0 N–H and O–H groups in total. The molecule has 106 valence electrons. The summed E-state index contributed by atoms with van der Waals surface area (Å²) in [5.74, 6) is 0.538. The van der Waals surface area contributed by atoms with Crippen molar-refractivity contribution in [2.45, 2.75) is 24.3 Å². The summed E-state index contributed by atoms with van der Waals surface area (Å²) in [6.45, 7) is 4.24. The van der Waals surface area contributed by atoms with Gasteiger partial charge >= 0.3 is 0 Å². The minimum Gasteiger partial charge on any atom is -0.327 e. The standard InChI is InChI=1S/C14H14N6S/c1-8(2)21-14-17-16-13-15-12-11(18-20(13)14)9-6-4-5-7-10(9)19(12)3/h4-8H,1-3H3. The van der Waals surface area contributed by atoms with Crippen molar-refractivity contribution in [2.24, 2.45) is 7.05 Å². The number of para-hydroxylation sites is 1. The molecule has 0 fully saturated rings. The first-order valence-electron chi connectivity index (χ1n) is 6.78.